The highest BCUT2D eigenvalue weighted by molar-refractivity contribution is 5.87. The van der Waals surface area contributed by atoms with E-state index < -0.39 is 34.8 Å². The van der Waals surface area contributed by atoms with Crippen LogP contribution in [0, 0.1) is 16.0 Å². The summed E-state index contributed by atoms with van der Waals surface area (Å²) in [5, 5.41) is 11.6. The van der Waals surface area contributed by atoms with Crippen LogP contribution < -0.4 is 19.5 Å². The van der Waals surface area contributed by atoms with Crippen molar-refractivity contribution in [2.75, 3.05) is 13.7 Å². The second-order valence-electron chi connectivity index (χ2n) is 13.4. The zero-order chi connectivity index (χ0) is 44.2. The van der Waals surface area contributed by atoms with Crippen molar-refractivity contribution in [2.45, 2.75) is 97.6 Å². The standard InChI is InChI=1S/C22H22N2O9.C16H19F3O.C7H14/c1-15(23-14-25)22(27)33-19-9-7-16(11-20(19)30-2)8-10-21(26)31-12-17-3-5-18(6-4-17)13-32-24(28)29;17-16(18,19)14-9-5-10-15(12-14)20-11-4-3-8-13-6-1-2-7-13;1-3-5-7-6-4-2/h3-11,14-15H,12-13H2,1-2H3,(H,23,25);3,5,8-10,12-13H,1-2,4,6-7,11H2;3,5H,4,6-7H2,1-2H3/b10-8+;8-3+;5-3-. The van der Waals surface area contributed by atoms with Crippen molar-refractivity contribution in [3.8, 4) is 17.2 Å². The van der Waals surface area contributed by atoms with Crippen LogP contribution in [0.1, 0.15) is 94.4 Å². The SMILES string of the molecule is C/C=C\CCCC.COc1cc(/C=C/C(=O)OCc2ccc(CO[N+](=O)[O-])cc2)ccc1OC(=O)C(C)NC=O.FC(F)(F)c1cccc(OCC/C=C/C2CCCC2)c1. The fourth-order valence-electron chi connectivity index (χ4n) is 5.40. The smallest absolute Gasteiger partial charge is 0.416 e. The van der Waals surface area contributed by atoms with Gasteiger partial charge in [-0.15, -0.1) is 10.1 Å². The molecule has 0 heterocycles. The molecule has 1 amide bonds. The van der Waals surface area contributed by atoms with Gasteiger partial charge in [0, 0.05) is 6.08 Å². The lowest BCUT2D eigenvalue weighted by molar-refractivity contribution is -0.763. The molecule has 0 radical (unpaired) electrons. The maximum Gasteiger partial charge on any atom is 0.416 e. The van der Waals surface area contributed by atoms with E-state index in [-0.39, 0.29) is 30.5 Å². The highest BCUT2D eigenvalue weighted by Crippen LogP contribution is 2.32. The van der Waals surface area contributed by atoms with E-state index in [0.29, 0.717) is 35.6 Å². The van der Waals surface area contributed by atoms with Crippen LogP contribution in [0.5, 0.6) is 17.2 Å². The molecule has 4 rings (SSSR count). The number of carbonyl (C=O) groups excluding carboxylic acids is 3. The Morgan fingerprint density at radius 2 is 1.67 bits per heavy atom. The highest BCUT2D eigenvalue weighted by atomic mass is 19.4. The number of esters is 2. The third-order valence-electron chi connectivity index (χ3n) is 8.71. The highest BCUT2D eigenvalue weighted by Gasteiger charge is 2.30. The molecule has 0 aromatic heterocycles. The molecule has 0 aliphatic heterocycles. The Balaban J connectivity index is 0.000000386. The zero-order valence-electron chi connectivity index (χ0n) is 34.5. The van der Waals surface area contributed by atoms with Crippen molar-refractivity contribution in [1.29, 1.82) is 0 Å². The van der Waals surface area contributed by atoms with Crippen molar-refractivity contribution in [3.63, 3.8) is 0 Å². The van der Waals surface area contributed by atoms with Crippen LogP contribution >= 0.6 is 0 Å². The summed E-state index contributed by atoms with van der Waals surface area (Å²) in [7, 11) is 1.40. The van der Waals surface area contributed by atoms with Gasteiger partial charge in [-0.1, -0.05) is 93.3 Å². The van der Waals surface area contributed by atoms with Crippen LogP contribution in [0.4, 0.5) is 13.2 Å². The number of allylic oxidation sites excluding steroid dienone is 3. The molecule has 1 fully saturated rings. The van der Waals surface area contributed by atoms with Gasteiger partial charge >= 0.3 is 18.1 Å². The van der Waals surface area contributed by atoms with Crippen molar-refractivity contribution < 1.29 is 56.4 Å². The van der Waals surface area contributed by atoms with Gasteiger partial charge in [-0.2, -0.15) is 13.2 Å². The lowest BCUT2D eigenvalue weighted by Gasteiger charge is -2.13. The first-order valence-electron chi connectivity index (χ1n) is 19.7. The first kappa shape index (κ1) is 50.0. The summed E-state index contributed by atoms with van der Waals surface area (Å²) < 4.78 is 58.5. The first-order chi connectivity index (χ1) is 28.8. The normalized spacial score (nSPS) is 13.1. The molecule has 15 heteroatoms. The molecule has 0 saturated heterocycles. The number of nitrogens with zero attached hydrogens (tertiary/aromatic N) is 1. The number of halogens is 3. The lowest BCUT2D eigenvalue weighted by atomic mass is 10.1. The van der Waals surface area contributed by atoms with Crippen LogP contribution in [-0.4, -0.2) is 43.2 Å². The number of rotatable bonds is 20. The summed E-state index contributed by atoms with van der Waals surface area (Å²) >= 11 is 0. The minimum absolute atomic E-state index is 0.0186. The Bertz CT molecular complexity index is 1840. The number of hydrogen-bond acceptors (Lipinski definition) is 10. The monoisotopic (exact) mass is 840 g/mol. The summed E-state index contributed by atoms with van der Waals surface area (Å²) in [4.78, 5) is 48.8. The molecule has 12 nitrogen and oxygen atoms in total. The number of ether oxygens (including phenoxy) is 4. The molecular weight excluding hydrogens is 785 g/mol. The van der Waals surface area contributed by atoms with Crippen molar-refractivity contribution >= 4 is 24.4 Å². The van der Waals surface area contributed by atoms with Crippen molar-refractivity contribution in [2.24, 2.45) is 5.92 Å². The maximum absolute atomic E-state index is 12.5. The Kier molecular flexibility index (Phi) is 23.6. The van der Waals surface area contributed by atoms with Crippen LogP contribution in [-0.2, 0) is 43.3 Å². The van der Waals surface area contributed by atoms with E-state index in [0.717, 1.165) is 18.6 Å². The molecule has 1 saturated carbocycles. The Hall–Kier alpha value is -6.12. The van der Waals surface area contributed by atoms with Gasteiger partial charge in [0.1, 0.15) is 25.0 Å². The Morgan fingerprint density at radius 3 is 2.28 bits per heavy atom. The zero-order valence-corrected chi connectivity index (χ0v) is 34.5. The van der Waals surface area contributed by atoms with Crippen LogP contribution in [0.25, 0.3) is 6.08 Å². The quantitative estimate of drug-likeness (QED) is 0.0170. The number of methoxy groups -OCH3 is 1. The Labute approximate surface area is 349 Å². The number of nitrogens with one attached hydrogen (secondary N) is 1. The first-order valence-corrected chi connectivity index (χ1v) is 19.7. The number of unbranched alkanes of at least 4 members (excludes halogenated alkanes) is 2. The lowest BCUT2D eigenvalue weighted by Crippen LogP contribution is -2.36. The van der Waals surface area contributed by atoms with Crippen LogP contribution in [0.15, 0.2) is 97.1 Å². The van der Waals surface area contributed by atoms with E-state index in [4.69, 9.17) is 18.9 Å². The molecule has 0 spiro atoms. The van der Waals surface area contributed by atoms with E-state index in [9.17, 15) is 37.7 Å². The van der Waals surface area contributed by atoms with Gasteiger partial charge in [-0.05, 0) is 98.5 Å². The number of amides is 1. The molecule has 1 aliphatic carbocycles. The minimum Gasteiger partial charge on any atom is -0.493 e. The second kappa shape index (κ2) is 28.3. The van der Waals surface area contributed by atoms with Crippen LogP contribution in [0.3, 0.4) is 0 Å². The molecule has 1 N–H and O–H groups in total. The number of hydrogen-bond donors (Lipinski definition) is 1. The summed E-state index contributed by atoms with van der Waals surface area (Å²) in [6, 6.07) is 15.5. The predicted molar refractivity (Wildman–Crippen MR) is 221 cm³/mol. The molecule has 3 aromatic rings. The van der Waals surface area contributed by atoms with Gasteiger partial charge < -0.3 is 29.1 Å². The third kappa shape index (κ3) is 21.0. The van der Waals surface area contributed by atoms with E-state index in [1.54, 1.807) is 42.5 Å². The molecule has 60 heavy (non-hydrogen) atoms. The summed E-state index contributed by atoms with van der Waals surface area (Å²) in [5.41, 5.74) is 1.24. The molecule has 1 atom stereocenters. The molecule has 326 valence electrons. The summed E-state index contributed by atoms with van der Waals surface area (Å²) in [6.07, 6.45) is 17.2. The number of benzene rings is 3. The van der Waals surface area contributed by atoms with E-state index in [1.807, 2.05) is 0 Å². The minimum atomic E-state index is -4.32. The van der Waals surface area contributed by atoms with Gasteiger partial charge in [0.25, 0.3) is 5.09 Å². The summed E-state index contributed by atoms with van der Waals surface area (Å²) in [6.45, 7) is 6.02. The average Bonchev–Trinajstić information content (AvgIpc) is 3.76. The largest absolute Gasteiger partial charge is 0.493 e. The molecule has 0 bridgehead atoms. The molecule has 3 aromatic carbocycles. The molecule has 1 aliphatic rings. The topological polar surface area (TPSA) is 153 Å². The van der Waals surface area contributed by atoms with Crippen molar-refractivity contribution in [1.82, 2.24) is 5.32 Å². The van der Waals surface area contributed by atoms with Gasteiger partial charge in [0.15, 0.2) is 11.5 Å². The van der Waals surface area contributed by atoms with E-state index >= 15 is 0 Å². The summed E-state index contributed by atoms with van der Waals surface area (Å²) in [5.74, 6) is 0.134. The second-order valence-corrected chi connectivity index (χ2v) is 13.4. The van der Waals surface area contributed by atoms with E-state index in [1.165, 1.54) is 83.3 Å². The number of carbonyl (C=O) groups is 3. The van der Waals surface area contributed by atoms with Gasteiger partial charge in [0.05, 0.1) is 19.3 Å². The fraction of sp³-hybridized carbons (Fsp3) is 0.400. The van der Waals surface area contributed by atoms with Gasteiger partial charge in [-0.25, -0.2) is 9.59 Å². The van der Waals surface area contributed by atoms with Crippen molar-refractivity contribution in [3.05, 3.63) is 129 Å². The third-order valence-corrected chi connectivity index (χ3v) is 8.71. The van der Waals surface area contributed by atoms with Crippen LogP contribution in [0.2, 0.25) is 0 Å². The molecular formula is C45H55F3N2O10. The maximum atomic E-state index is 12.5. The molecule has 1 unspecified atom stereocenters. The average molecular weight is 841 g/mol. The fourth-order valence-corrected chi connectivity index (χ4v) is 5.40. The predicted octanol–water partition coefficient (Wildman–Crippen LogP) is 10.2. The van der Waals surface area contributed by atoms with Gasteiger partial charge in [0.2, 0.25) is 6.41 Å². The van der Waals surface area contributed by atoms with Gasteiger partial charge in [-0.3, -0.25) is 4.79 Å². The Morgan fingerprint density at radius 1 is 0.967 bits per heavy atom. The number of alkyl halides is 3. The van der Waals surface area contributed by atoms with E-state index in [2.05, 4.69) is 48.3 Å².